The molecule has 0 fully saturated rings. The number of hydrogen-bond acceptors (Lipinski definition) is 4. The number of aromatic nitrogens is 2. The Kier molecular flexibility index (Phi) is 3.58. The normalized spacial score (nSPS) is 12.6. The maximum atomic E-state index is 5.45. The predicted octanol–water partition coefficient (Wildman–Crippen LogP) is 1.32. The van der Waals surface area contributed by atoms with E-state index in [1.54, 1.807) is 0 Å². The number of quaternary nitrogens is 1. The maximum absolute atomic E-state index is 5.45. The third-order valence-electron chi connectivity index (χ3n) is 2.27. The van der Waals surface area contributed by atoms with E-state index < -0.39 is 0 Å². The molecule has 0 saturated carbocycles. The minimum Gasteiger partial charge on any atom is -0.410 e. The van der Waals surface area contributed by atoms with E-state index in [-0.39, 0.29) is 6.04 Å². The smallest absolute Gasteiger partial charge is 0.276 e. The first-order valence-electron chi connectivity index (χ1n) is 5.04. The van der Waals surface area contributed by atoms with Gasteiger partial charge >= 0.3 is 0 Å². The molecule has 0 amide bonds. The van der Waals surface area contributed by atoms with E-state index in [9.17, 15) is 0 Å². The first kappa shape index (κ1) is 11.2. The Balaban J connectivity index is 2.05. The molecule has 0 unspecified atom stereocenters. The molecule has 0 radical (unpaired) electrons. The van der Waals surface area contributed by atoms with Crippen molar-refractivity contribution in [1.29, 1.82) is 0 Å². The fourth-order valence-electron chi connectivity index (χ4n) is 1.45. The van der Waals surface area contributed by atoms with Gasteiger partial charge in [-0.05, 0) is 11.8 Å². The molecular formula is C11H14N3OS+. The van der Waals surface area contributed by atoms with Crippen LogP contribution in [0.25, 0.3) is 0 Å². The first-order valence-corrected chi connectivity index (χ1v) is 6.26. The van der Waals surface area contributed by atoms with Crippen molar-refractivity contribution in [3.8, 4) is 0 Å². The van der Waals surface area contributed by atoms with Crippen LogP contribution >= 0.6 is 11.8 Å². The van der Waals surface area contributed by atoms with E-state index in [0.29, 0.717) is 11.1 Å². The number of nitrogens with zero attached hydrogens (tertiary/aromatic N) is 2. The van der Waals surface area contributed by atoms with Crippen LogP contribution in [0.1, 0.15) is 17.5 Å². The standard InChI is InChI=1S/C11H13N3OS/c1-16-11-14-13-10(15-11)9(12)7-8-5-3-2-4-6-8/h2-6,9H,7,12H2,1H3/p+1/t9-/m0/s1. The van der Waals surface area contributed by atoms with Crippen LogP contribution in [-0.2, 0) is 6.42 Å². The summed E-state index contributed by atoms with van der Waals surface area (Å²) in [5.41, 5.74) is 5.27. The Bertz CT molecular complexity index is 444. The molecule has 0 bridgehead atoms. The molecule has 0 aliphatic heterocycles. The van der Waals surface area contributed by atoms with Gasteiger partial charge < -0.3 is 10.2 Å². The van der Waals surface area contributed by atoms with Crippen LogP contribution < -0.4 is 5.73 Å². The second-order valence-corrected chi connectivity index (χ2v) is 4.25. The highest BCUT2D eigenvalue weighted by molar-refractivity contribution is 7.98. The summed E-state index contributed by atoms with van der Waals surface area (Å²) < 4.78 is 5.45. The molecule has 0 spiro atoms. The van der Waals surface area contributed by atoms with Gasteiger partial charge in [-0.1, -0.05) is 42.1 Å². The van der Waals surface area contributed by atoms with Gasteiger partial charge in [0, 0.05) is 6.42 Å². The van der Waals surface area contributed by atoms with Crippen molar-refractivity contribution >= 4 is 11.8 Å². The fourth-order valence-corrected chi connectivity index (χ4v) is 1.74. The number of hydrogen-bond donors (Lipinski definition) is 1. The van der Waals surface area contributed by atoms with Crippen LogP contribution in [0, 0.1) is 0 Å². The average Bonchev–Trinajstić information content (AvgIpc) is 2.79. The topological polar surface area (TPSA) is 66.6 Å². The number of benzene rings is 1. The van der Waals surface area contributed by atoms with Crippen LogP contribution in [0.4, 0.5) is 0 Å². The second-order valence-electron chi connectivity index (χ2n) is 3.50. The highest BCUT2D eigenvalue weighted by Gasteiger charge is 2.17. The van der Waals surface area contributed by atoms with Gasteiger partial charge in [-0.15, -0.1) is 10.2 Å². The van der Waals surface area contributed by atoms with Gasteiger partial charge in [0.2, 0.25) is 0 Å². The van der Waals surface area contributed by atoms with Crippen molar-refractivity contribution in [2.24, 2.45) is 0 Å². The lowest BCUT2D eigenvalue weighted by Crippen LogP contribution is -2.54. The lowest BCUT2D eigenvalue weighted by Gasteiger charge is -2.03. The maximum Gasteiger partial charge on any atom is 0.276 e. The molecule has 1 heterocycles. The van der Waals surface area contributed by atoms with Gasteiger partial charge in [0.15, 0.2) is 6.04 Å². The van der Waals surface area contributed by atoms with E-state index in [4.69, 9.17) is 4.42 Å². The highest BCUT2D eigenvalue weighted by Crippen LogP contribution is 2.17. The van der Waals surface area contributed by atoms with E-state index in [2.05, 4.69) is 28.1 Å². The van der Waals surface area contributed by atoms with Crippen LogP contribution in [0.3, 0.4) is 0 Å². The minimum absolute atomic E-state index is 0.01000. The molecule has 16 heavy (non-hydrogen) atoms. The lowest BCUT2D eigenvalue weighted by atomic mass is 10.1. The quantitative estimate of drug-likeness (QED) is 0.813. The molecule has 5 heteroatoms. The van der Waals surface area contributed by atoms with Crippen LogP contribution in [-0.4, -0.2) is 16.5 Å². The van der Waals surface area contributed by atoms with Gasteiger partial charge in [-0.2, -0.15) is 0 Å². The zero-order valence-corrected chi connectivity index (χ0v) is 9.91. The third kappa shape index (κ3) is 2.62. The minimum atomic E-state index is 0.01000. The fraction of sp³-hybridized carbons (Fsp3) is 0.273. The average molecular weight is 236 g/mol. The molecule has 0 aliphatic carbocycles. The lowest BCUT2D eigenvalue weighted by molar-refractivity contribution is -0.431. The summed E-state index contributed by atoms with van der Waals surface area (Å²) in [6.45, 7) is 0. The van der Waals surface area contributed by atoms with Crippen molar-refractivity contribution < 1.29 is 10.2 Å². The SMILES string of the molecule is CSc1nnc([C@@H]([NH3+])Cc2ccccc2)o1. The molecule has 0 saturated heterocycles. The van der Waals surface area contributed by atoms with Gasteiger partial charge in [0.25, 0.3) is 11.1 Å². The molecule has 3 N–H and O–H groups in total. The van der Waals surface area contributed by atoms with Crippen molar-refractivity contribution in [3.63, 3.8) is 0 Å². The molecule has 1 aromatic carbocycles. The van der Waals surface area contributed by atoms with Crippen molar-refractivity contribution in [3.05, 3.63) is 41.8 Å². The Hall–Kier alpha value is -1.33. The zero-order valence-electron chi connectivity index (χ0n) is 9.09. The Morgan fingerprint density at radius 3 is 2.69 bits per heavy atom. The molecular weight excluding hydrogens is 222 g/mol. The van der Waals surface area contributed by atoms with Crippen molar-refractivity contribution in [1.82, 2.24) is 10.2 Å². The summed E-state index contributed by atoms with van der Waals surface area (Å²) in [5, 5.41) is 8.48. The Labute approximate surface area is 98.2 Å². The van der Waals surface area contributed by atoms with E-state index in [1.807, 2.05) is 24.5 Å². The zero-order chi connectivity index (χ0) is 11.4. The highest BCUT2D eigenvalue weighted by atomic mass is 32.2. The number of rotatable bonds is 4. The molecule has 2 aromatic rings. The summed E-state index contributed by atoms with van der Waals surface area (Å²) in [6.07, 6.45) is 2.73. The van der Waals surface area contributed by atoms with Gasteiger partial charge in [-0.3, -0.25) is 0 Å². The molecule has 4 nitrogen and oxygen atoms in total. The Morgan fingerprint density at radius 2 is 2.06 bits per heavy atom. The first-order chi connectivity index (χ1) is 7.79. The van der Waals surface area contributed by atoms with Gasteiger partial charge in [0.1, 0.15) is 0 Å². The summed E-state index contributed by atoms with van der Waals surface area (Å²) in [6, 6.07) is 10.2. The summed E-state index contributed by atoms with van der Waals surface area (Å²) >= 11 is 1.45. The van der Waals surface area contributed by atoms with Crippen LogP contribution in [0.15, 0.2) is 40.0 Å². The van der Waals surface area contributed by atoms with E-state index in [1.165, 1.54) is 17.3 Å². The van der Waals surface area contributed by atoms with E-state index >= 15 is 0 Å². The second kappa shape index (κ2) is 5.14. The third-order valence-corrected chi connectivity index (χ3v) is 2.79. The molecule has 84 valence electrons. The monoisotopic (exact) mass is 236 g/mol. The number of thioether (sulfide) groups is 1. The molecule has 1 aromatic heterocycles. The van der Waals surface area contributed by atoms with Gasteiger partial charge in [0.05, 0.1) is 0 Å². The summed E-state index contributed by atoms with van der Waals surface area (Å²) in [5.74, 6) is 0.605. The largest absolute Gasteiger partial charge is 0.410 e. The summed E-state index contributed by atoms with van der Waals surface area (Å²) in [7, 11) is 0. The van der Waals surface area contributed by atoms with Crippen LogP contribution in [0.5, 0.6) is 0 Å². The molecule has 2 rings (SSSR count). The van der Waals surface area contributed by atoms with Gasteiger partial charge in [-0.25, -0.2) is 0 Å². The molecule has 1 atom stereocenters. The molecule has 0 aliphatic rings. The van der Waals surface area contributed by atoms with Crippen molar-refractivity contribution in [2.75, 3.05) is 6.26 Å². The van der Waals surface area contributed by atoms with Crippen molar-refractivity contribution in [2.45, 2.75) is 17.7 Å². The Morgan fingerprint density at radius 1 is 1.31 bits per heavy atom. The predicted molar refractivity (Wildman–Crippen MR) is 61.9 cm³/mol. The summed E-state index contributed by atoms with van der Waals surface area (Å²) in [4.78, 5) is 0. The van der Waals surface area contributed by atoms with E-state index in [0.717, 1.165) is 6.42 Å². The van der Waals surface area contributed by atoms with Crippen LogP contribution in [0.2, 0.25) is 0 Å².